The second-order valence-electron chi connectivity index (χ2n) is 18.7. The maximum atomic E-state index is 15.2. The molecule has 398 valence electrons. The molecule has 7 amide bonds. The molecule has 0 spiro atoms. The zero-order valence-corrected chi connectivity index (χ0v) is 42.6. The number of likely N-dealkylation sites (tertiary alicyclic amines) is 1. The normalized spacial score (nSPS) is 15.6. The van der Waals surface area contributed by atoms with Crippen LogP contribution in [0.5, 0.6) is 0 Å². The Morgan fingerprint density at radius 3 is 2.08 bits per heavy atom. The molecule has 6 N–H and O–H groups in total. The number of imidazole rings is 1. The van der Waals surface area contributed by atoms with E-state index < -0.39 is 70.4 Å². The Labute approximate surface area is 428 Å². The van der Waals surface area contributed by atoms with Gasteiger partial charge in [-0.2, -0.15) is 0 Å². The molecule has 3 aromatic rings. The number of nitrogens with two attached hydrogens (primary N) is 1. The van der Waals surface area contributed by atoms with Gasteiger partial charge >= 0.3 is 0 Å². The van der Waals surface area contributed by atoms with Gasteiger partial charge < -0.3 is 45.7 Å². The number of thioether (sulfide) groups is 1. The van der Waals surface area contributed by atoms with Crippen molar-refractivity contribution in [2.75, 3.05) is 91.1 Å². The van der Waals surface area contributed by atoms with Crippen LogP contribution in [0, 0.1) is 23.0 Å². The molecular formula is C51H69F2N9O10S. The summed E-state index contributed by atoms with van der Waals surface area (Å²) in [5, 5.41) is 18.3. The lowest BCUT2D eigenvalue weighted by Gasteiger charge is -2.41. The minimum atomic E-state index is -0.822. The van der Waals surface area contributed by atoms with Crippen LogP contribution >= 0.6 is 11.8 Å². The molecule has 0 radical (unpaired) electrons. The summed E-state index contributed by atoms with van der Waals surface area (Å²) < 4.78 is 42.6. The van der Waals surface area contributed by atoms with E-state index in [1.807, 2.05) is 51.1 Å². The molecule has 3 atom stereocenters. The summed E-state index contributed by atoms with van der Waals surface area (Å²) in [5.41, 5.74) is 6.60. The Balaban J connectivity index is 0.999. The van der Waals surface area contributed by atoms with E-state index >= 15 is 4.39 Å². The van der Waals surface area contributed by atoms with E-state index in [1.165, 1.54) is 28.8 Å². The van der Waals surface area contributed by atoms with Gasteiger partial charge in [0.25, 0.3) is 11.8 Å². The second kappa shape index (κ2) is 29.1. The summed E-state index contributed by atoms with van der Waals surface area (Å²) in [6.45, 7) is 9.09. The van der Waals surface area contributed by atoms with Crippen molar-refractivity contribution in [2.45, 2.75) is 70.7 Å². The molecule has 19 nitrogen and oxygen atoms in total. The molecule has 2 aromatic carbocycles. The number of aliphatic hydroxyl groups is 1. The molecule has 2 unspecified atom stereocenters. The van der Waals surface area contributed by atoms with Crippen molar-refractivity contribution in [2.24, 2.45) is 17.1 Å². The summed E-state index contributed by atoms with van der Waals surface area (Å²) in [6.07, 6.45) is 5.09. The lowest BCUT2D eigenvalue weighted by Crippen LogP contribution is -2.47. The molecule has 0 saturated carbocycles. The third kappa shape index (κ3) is 17.9. The number of nitrogens with zero attached hydrogens (tertiary/aromatic N) is 5. The van der Waals surface area contributed by atoms with Gasteiger partial charge in [-0.05, 0) is 60.2 Å². The molecule has 1 saturated heterocycles. The summed E-state index contributed by atoms with van der Waals surface area (Å²) in [5.74, 6) is -3.83. The van der Waals surface area contributed by atoms with Crippen LogP contribution in [0.4, 0.5) is 8.78 Å². The number of hydrogen-bond donors (Lipinski definition) is 5. The van der Waals surface area contributed by atoms with E-state index in [2.05, 4.69) is 16.0 Å². The highest BCUT2D eigenvalue weighted by Gasteiger charge is 2.41. The maximum Gasteiger partial charge on any atom is 0.253 e. The zero-order chi connectivity index (χ0) is 52.9. The van der Waals surface area contributed by atoms with E-state index in [4.69, 9.17) is 20.2 Å². The molecule has 0 bridgehead atoms. The van der Waals surface area contributed by atoms with Crippen molar-refractivity contribution in [3.8, 4) is 11.3 Å². The van der Waals surface area contributed by atoms with Gasteiger partial charge in [-0.3, -0.25) is 43.4 Å². The van der Waals surface area contributed by atoms with Crippen LogP contribution < -0.4 is 21.7 Å². The standard InChI is InChI=1S/C51H69F2N9O10S/c1-51(2,3)48(49-58-40(38-27-37(52)11-12-39(38)53)32-59(49)30-35-9-5-4-6-10-35)62(47(69)33-63)31-36(29-54)34-73-41-28-46(68)61(50(41)70)22-16-43(65)57-18-8-24-72-26-20-55-19-25-71-23-7-17-56-42(64)15-21-60-44(66)13-14-45(60)67/h4-6,9-14,27,32,36,41,48,55,63H,7-8,15-26,28-31,33-34,54H2,1-3H3,(H,56,64)(H,57,65)/t36?,41?,48-/m0/s1. The largest absolute Gasteiger partial charge is 0.387 e. The predicted molar refractivity (Wildman–Crippen MR) is 269 cm³/mol. The Morgan fingerprint density at radius 1 is 0.877 bits per heavy atom. The highest BCUT2D eigenvalue weighted by Crippen LogP contribution is 2.40. The van der Waals surface area contributed by atoms with Gasteiger partial charge in [-0.15, -0.1) is 11.8 Å². The fourth-order valence-electron chi connectivity index (χ4n) is 8.24. The number of benzene rings is 2. The third-order valence-electron chi connectivity index (χ3n) is 12.0. The molecular weight excluding hydrogens is 969 g/mol. The minimum absolute atomic E-state index is 0.0422. The van der Waals surface area contributed by atoms with Gasteiger partial charge in [-0.1, -0.05) is 51.1 Å². The molecule has 3 heterocycles. The number of amides is 7. The number of carbonyl (C=O) groups is 7. The van der Waals surface area contributed by atoms with Gasteiger partial charge in [0.15, 0.2) is 0 Å². The average Bonchev–Trinajstić information content (AvgIpc) is 4.01. The monoisotopic (exact) mass is 1040 g/mol. The Morgan fingerprint density at radius 2 is 1.49 bits per heavy atom. The third-order valence-corrected chi connectivity index (χ3v) is 13.4. The average molecular weight is 1040 g/mol. The van der Waals surface area contributed by atoms with Crippen molar-refractivity contribution in [3.05, 3.63) is 89.9 Å². The van der Waals surface area contributed by atoms with Crippen LogP contribution in [0.25, 0.3) is 11.3 Å². The zero-order valence-electron chi connectivity index (χ0n) is 41.8. The fourth-order valence-corrected chi connectivity index (χ4v) is 9.51. The van der Waals surface area contributed by atoms with Crippen molar-refractivity contribution < 1.29 is 56.9 Å². The Kier molecular flexibility index (Phi) is 23.1. The number of carbonyl (C=O) groups excluding carboxylic acids is 7. The van der Waals surface area contributed by atoms with Crippen molar-refractivity contribution in [1.29, 1.82) is 0 Å². The number of aromatic nitrogens is 2. The molecule has 1 aromatic heterocycles. The second-order valence-corrected chi connectivity index (χ2v) is 20.0. The van der Waals surface area contributed by atoms with Crippen LogP contribution in [0.15, 0.2) is 66.9 Å². The van der Waals surface area contributed by atoms with E-state index in [1.54, 1.807) is 10.8 Å². The van der Waals surface area contributed by atoms with Crippen LogP contribution in [-0.2, 0) is 49.6 Å². The number of nitrogens with one attached hydrogen (secondary N) is 3. The molecule has 2 aliphatic heterocycles. The number of rotatable bonds is 32. The van der Waals surface area contributed by atoms with E-state index in [0.717, 1.165) is 33.6 Å². The number of hydrogen-bond acceptors (Lipinski definition) is 14. The molecule has 22 heteroatoms. The predicted octanol–water partition coefficient (Wildman–Crippen LogP) is 2.56. The first-order chi connectivity index (χ1) is 35.0. The number of aliphatic hydroxyl groups excluding tert-OH is 1. The van der Waals surface area contributed by atoms with Crippen molar-refractivity contribution in [3.63, 3.8) is 0 Å². The number of imide groups is 2. The highest BCUT2D eigenvalue weighted by atomic mass is 32.2. The SMILES string of the molecule is CC(C)(C)[C@H](c1nc(-c2cc(F)ccc2F)cn1Cc1ccccc1)N(CC(CN)CSC1CC(=O)N(CCC(=O)NCCCOCCNCCOCCCNC(=O)CCN2C(=O)C=CC2=O)C1=O)C(=O)CO. The van der Waals surface area contributed by atoms with Crippen LogP contribution in [0.2, 0.25) is 0 Å². The van der Waals surface area contributed by atoms with Gasteiger partial charge in [0.2, 0.25) is 29.5 Å². The van der Waals surface area contributed by atoms with E-state index in [0.29, 0.717) is 77.8 Å². The summed E-state index contributed by atoms with van der Waals surface area (Å²) in [6, 6.07) is 11.8. The maximum absolute atomic E-state index is 15.2. The number of ether oxygens (including phenoxy) is 2. The first-order valence-electron chi connectivity index (χ1n) is 24.6. The summed E-state index contributed by atoms with van der Waals surface area (Å²) >= 11 is 1.25. The molecule has 1 fully saturated rings. The molecule has 5 rings (SSSR count). The first-order valence-corrected chi connectivity index (χ1v) is 25.6. The van der Waals surface area contributed by atoms with Gasteiger partial charge in [0.05, 0.1) is 30.2 Å². The first kappa shape index (κ1) is 58.0. The summed E-state index contributed by atoms with van der Waals surface area (Å²) in [7, 11) is 0. The van der Waals surface area contributed by atoms with Gasteiger partial charge in [-0.25, -0.2) is 13.8 Å². The van der Waals surface area contributed by atoms with Gasteiger partial charge in [0.1, 0.15) is 24.1 Å². The Hall–Kier alpha value is -5.91. The topological polar surface area (TPSA) is 248 Å². The van der Waals surface area contributed by atoms with Gasteiger partial charge in [0, 0.05) is 109 Å². The van der Waals surface area contributed by atoms with E-state index in [-0.39, 0.29) is 74.3 Å². The van der Waals surface area contributed by atoms with Crippen molar-refractivity contribution >= 4 is 53.1 Å². The van der Waals surface area contributed by atoms with Crippen LogP contribution in [0.3, 0.4) is 0 Å². The van der Waals surface area contributed by atoms with E-state index in [9.17, 15) is 43.1 Å². The lowest BCUT2D eigenvalue weighted by molar-refractivity contribution is -0.141. The molecule has 2 aliphatic rings. The minimum Gasteiger partial charge on any atom is -0.387 e. The smallest absolute Gasteiger partial charge is 0.253 e. The van der Waals surface area contributed by atoms with Crippen molar-refractivity contribution in [1.82, 2.24) is 40.2 Å². The fraction of sp³-hybridized carbons (Fsp3) is 0.529. The summed E-state index contributed by atoms with van der Waals surface area (Å²) in [4.78, 5) is 96.4. The van der Waals surface area contributed by atoms with Crippen LogP contribution in [0.1, 0.15) is 70.3 Å². The Bertz CT molecular complexity index is 2370. The quantitative estimate of drug-likeness (QED) is 0.0446. The number of halogens is 2. The molecule has 0 aliphatic carbocycles. The lowest BCUT2D eigenvalue weighted by atomic mass is 9.84. The highest BCUT2D eigenvalue weighted by molar-refractivity contribution is 8.00. The van der Waals surface area contributed by atoms with Crippen LogP contribution in [-0.4, -0.2) is 167 Å². The molecule has 73 heavy (non-hydrogen) atoms.